The summed E-state index contributed by atoms with van der Waals surface area (Å²) in [6.07, 6.45) is 2.73. The van der Waals surface area contributed by atoms with E-state index < -0.39 is 0 Å². The Labute approximate surface area is 125 Å². The zero-order chi connectivity index (χ0) is 15.3. The van der Waals surface area contributed by atoms with E-state index in [1.807, 2.05) is 24.3 Å². The van der Waals surface area contributed by atoms with Gasteiger partial charge in [0, 0.05) is 5.92 Å². The highest BCUT2D eigenvalue weighted by Crippen LogP contribution is 2.46. The van der Waals surface area contributed by atoms with Crippen LogP contribution in [0.15, 0.2) is 30.5 Å². The van der Waals surface area contributed by atoms with Gasteiger partial charge in [0.1, 0.15) is 0 Å². The summed E-state index contributed by atoms with van der Waals surface area (Å²) in [7, 11) is 0. The minimum absolute atomic E-state index is 0.143. The molecule has 0 radical (unpaired) electrons. The fourth-order valence-electron chi connectivity index (χ4n) is 3.50. The average Bonchev–Trinajstić information content (AvgIpc) is 2.65. The van der Waals surface area contributed by atoms with E-state index in [-0.39, 0.29) is 23.2 Å². The fourth-order valence-corrected chi connectivity index (χ4v) is 3.50. The summed E-state index contributed by atoms with van der Waals surface area (Å²) in [6, 6.07) is 7.70. The number of hydrogen-bond donors (Lipinski definition) is 1. The van der Waals surface area contributed by atoms with Gasteiger partial charge in [0.25, 0.3) is 0 Å². The second kappa shape index (κ2) is 4.75. The first-order valence-electron chi connectivity index (χ1n) is 7.46. The van der Waals surface area contributed by atoms with Crippen LogP contribution in [-0.4, -0.2) is 21.2 Å². The molecule has 2 heterocycles. The molecular weight excluding hydrogens is 262 g/mol. The number of nitrogens with zero attached hydrogens (tertiary/aromatic N) is 2. The Morgan fingerprint density at radius 1 is 1.19 bits per heavy atom. The van der Waals surface area contributed by atoms with Crippen molar-refractivity contribution in [2.45, 2.75) is 51.4 Å². The lowest BCUT2D eigenvalue weighted by atomic mass is 9.81. The Bertz CT molecular complexity index is 666. The van der Waals surface area contributed by atoms with Crippen LogP contribution < -0.4 is 5.73 Å². The molecule has 1 fully saturated rings. The number of ether oxygens (including phenoxy) is 1. The predicted molar refractivity (Wildman–Crippen MR) is 83.8 cm³/mol. The molecule has 2 atom stereocenters. The van der Waals surface area contributed by atoms with Crippen LogP contribution in [-0.2, 0) is 4.74 Å². The third-order valence-corrected chi connectivity index (χ3v) is 4.39. The molecule has 21 heavy (non-hydrogen) atoms. The number of rotatable bonds is 2. The van der Waals surface area contributed by atoms with E-state index in [1.54, 1.807) is 6.20 Å². The summed E-state index contributed by atoms with van der Waals surface area (Å²) >= 11 is 0. The van der Waals surface area contributed by atoms with E-state index in [2.05, 4.69) is 37.7 Å². The maximum Gasteiger partial charge on any atom is 0.0890 e. The summed E-state index contributed by atoms with van der Waals surface area (Å²) in [5.74, 6) is 0.225. The van der Waals surface area contributed by atoms with Crippen LogP contribution in [0.1, 0.15) is 45.9 Å². The van der Waals surface area contributed by atoms with Crippen LogP contribution in [0.2, 0.25) is 0 Å². The number of benzene rings is 1. The normalized spacial score (nSPS) is 25.1. The van der Waals surface area contributed by atoms with Crippen molar-refractivity contribution in [3.63, 3.8) is 0 Å². The van der Waals surface area contributed by atoms with Gasteiger partial charge >= 0.3 is 0 Å². The van der Waals surface area contributed by atoms with Crippen molar-refractivity contribution < 1.29 is 4.74 Å². The fraction of sp³-hybridized carbons (Fsp3) is 0.529. The van der Waals surface area contributed by atoms with E-state index >= 15 is 0 Å². The molecule has 1 saturated heterocycles. The van der Waals surface area contributed by atoms with E-state index in [1.165, 1.54) is 0 Å². The average molecular weight is 285 g/mol. The van der Waals surface area contributed by atoms with Gasteiger partial charge in [-0.3, -0.25) is 4.98 Å². The maximum atomic E-state index is 6.51. The van der Waals surface area contributed by atoms with Crippen molar-refractivity contribution in [2.24, 2.45) is 11.7 Å². The number of fused-ring (bicyclic) bond motifs is 1. The largest absolute Gasteiger partial charge is 0.369 e. The Kier molecular flexibility index (Phi) is 3.26. The molecule has 0 spiro atoms. The summed E-state index contributed by atoms with van der Waals surface area (Å²) < 4.78 is 6.15. The molecule has 1 aliphatic rings. The van der Waals surface area contributed by atoms with Crippen molar-refractivity contribution in [2.75, 3.05) is 0 Å². The molecule has 1 aromatic heterocycles. The van der Waals surface area contributed by atoms with Crippen molar-refractivity contribution in [1.82, 2.24) is 9.97 Å². The van der Waals surface area contributed by atoms with Gasteiger partial charge in [-0.05, 0) is 46.2 Å². The van der Waals surface area contributed by atoms with E-state index in [0.717, 1.165) is 23.1 Å². The van der Waals surface area contributed by atoms with Crippen molar-refractivity contribution in [3.8, 4) is 0 Å². The topological polar surface area (TPSA) is 61.0 Å². The Morgan fingerprint density at radius 3 is 2.48 bits per heavy atom. The predicted octanol–water partition coefficient (Wildman–Crippen LogP) is 3.22. The van der Waals surface area contributed by atoms with Gasteiger partial charge in [-0.1, -0.05) is 12.1 Å². The second-order valence-electron chi connectivity index (χ2n) is 7.09. The summed E-state index contributed by atoms with van der Waals surface area (Å²) in [4.78, 5) is 9.16. The van der Waals surface area contributed by atoms with Crippen LogP contribution >= 0.6 is 0 Å². The molecule has 2 unspecified atom stereocenters. The van der Waals surface area contributed by atoms with Crippen LogP contribution in [0.3, 0.4) is 0 Å². The SMILES string of the molecule is CC1(C)CC(C(N)c2cnc3ccccc3n2)C(C)(C)O1. The highest BCUT2D eigenvalue weighted by Gasteiger charge is 2.48. The lowest BCUT2D eigenvalue weighted by Crippen LogP contribution is -2.36. The monoisotopic (exact) mass is 285 g/mol. The number of aromatic nitrogens is 2. The van der Waals surface area contributed by atoms with Crippen molar-refractivity contribution >= 4 is 11.0 Å². The maximum absolute atomic E-state index is 6.51. The summed E-state index contributed by atoms with van der Waals surface area (Å²) in [5.41, 5.74) is 8.74. The quantitative estimate of drug-likeness (QED) is 0.920. The highest BCUT2D eigenvalue weighted by atomic mass is 16.5. The lowest BCUT2D eigenvalue weighted by molar-refractivity contribution is -0.0768. The molecule has 3 rings (SSSR count). The zero-order valence-corrected chi connectivity index (χ0v) is 13.1. The standard InChI is InChI=1S/C17H23N3O/c1-16(2)9-11(17(3,4)21-16)15(18)14-10-19-12-7-5-6-8-13(12)20-14/h5-8,10-11,15H,9,18H2,1-4H3. The van der Waals surface area contributed by atoms with Gasteiger partial charge in [0.05, 0.1) is 40.2 Å². The number of hydrogen-bond acceptors (Lipinski definition) is 4. The van der Waals surface area contributed by atoms with Crippen LogP contribution in [0, 0.1) is 5.92 Å². The molecule has 0 aliphatic carbocycles. The Balaban J connectivity index is 1.95. The van der Waals surface area contributed by atoms with E-state index in [0.29, 0.717) is 0 Å². The van der Waals surface area contributed by atoms with Gasteiger partial charge in [0.15, 0.2) is 0 Å². The summed E-state index contributed by atoms with van der Waals surface area (Å²) in [6.45, 7) is 8.46. The lowest BCUT2D eigenvalue weighted by Gasteiger charge is -2.30. The van der Waals surface area contributed by atoms with Gasteiger partial charge in [-0.2, -0.15) is 0 Å². The number of para-hydroxylation sites is 2. The van der Waals surface area contributed by atoms with Gasteiger partial charge in [-0.25, -0.2) is 4.98 Å². The van der Waals surface area contributed by atoms with E-state index in [4.69, 9.17) is 10.5 Å². The zero-order valence-electron chi connectivity index (χ0n) is 13.1. The van der Waals surface area contributed by atoms with Crippen LogP contribution in [0.4, 0.5) is 0 Å². The molecule has 0 amide bonds. The first-order valence-corrected chi connectivity index (χ1v) is 7.46. The van der Waals surface area contributed by atoms with Crippen molar-refractivity contribution in [1.29, 1.82) is 0 Å². The minimum atomic E-state index is -0.254. The van der Waals surface area contributed by atoms with Gasteiger partial charge in [-0.15, -0.1) is 0 Å². The molecule has 2 aromatic rings. The number of nitrogens with two attached hydrogens (primary N) is 1. The minimum Gasteiger partial charge on any atom is -0.369 e. The third kappa shape index (κ3) is 2.65. The molecule has 1 aromatic carbocycles. The highest BCUT2D eigenvalue weighted by molar-refractivity contribution is 5.73. The van der Waals surface area contributed by atoms with Crippen LogP contribution in [0.5, 0.6) is 0 Å². The third-order valence-electron chi connectivity index (χ3n) is 4.39. The molecule has 0 saturated carbocycles. The molecule has 0 bridgehead atoms. The second-order valence-corrected chi connectivity index (χ2v) is 7.09. The molecule has 2 N–H and O–H groups in total. The Morgan fingerprint density at radius 2 is 1.86 bits per heavy atom. The first kappa shape index (κ1) is 14.4. The van der Waals surface area contributed by atoms with Gasteiger partial charge in [0.2, 0.25) is 0 Å². The molecular formula is C17H23N3O. The molecule has 1 aliphatic heterocycles. The van der Waals surface area contributed by atoms with Crippen LogP contribution in [0.25, 0.3) is 11.0 Å². The molecule has 4 nitrogen and oxygen atoms in total. The molecule has 4 heteroatoms. The summed E-state index contributed by atoms with van der Waals surface area (Å²) in [5, 5.41) is 0. The van der Waals surface area contributed by atoms with Gasteiger partial charge < -0.3 is 10.5 Å². The molecule has 112 valence electrons. The first-order chi connectivity index (χ1) is 9.78. The smallest absolute Gasteiger partial charge is 0.0890 e. The van der Waals surface area contributed by atoms with Crippen molar-refractivity contribution in [3.05, 3.63) is 36.2 Å². The van der Waals surface area contributed by atoms with E-state index in [9.17, 15) is 0 Å². The Hall–Kier alpha value is -1.52.